The van der Waals surface area contributed by atoms with Gasteiger partial charge in [0.2, 0.25) is 15.9 Å². The number of amides is 1. The lowest BCUT2D eigenvalue weighted by Crippen LogP contribution is -2.50. The number of aromatic nitrogens is 1. The molecule has 0 unspecified atom stereocenters. The quantitative estimate of drug-likeness (QED) is 0.673. The van der Waals surface area contributed by atoms with E-state index in [2.05, 4.69) is 4.98 Å². The van der Waals surface area contributed by atoms with Crippen LogP contribution in [0.4, 0.5) is 0 Å². The second kappa shape index (κ2) is 10.0. The molecule has 2 aliphatic rings. The summed E-state index contributed by atoms with van der Waals surface area (Å²) in [6, 6.07) is 8.17. The molecule has 184 valence electrons. The Morgan fingerprint density at radius 2 is 1.94 bits per heavy atom. The number of hydrogen-bond donors (Lipinski definition) is 1. The van der Waals surface area contributed by atoms with Crippen LogP contribution < -0.4 is 4.74 Å². The molecule has 1 aromatic carbocycles. The number of sulfonamides is 1. The fraction of sp³-hybridized carbons (Fsp3) is 0.520. The maximum absolute atomic E-state index is 13.6. The number of aliphatic hydroxyl groups is 1. The van der Waals surface area contributed by atoms with Crippen molar-refractivity contribution in [3.63, 3.8) is 0 Å². The van der Waals surface area contributed by atoms with Gasteiger partial charge in [-0.05, 0) is 55.2 Å². The van der Waals surface area contributed by atoms with Gasteiger partial charge < -0.3 is 14.7 Å². The van der Waals surface area contributed by atoms with Crippen molar-refractivity contribution in [2.75, 3.05) is 26.7 Å². The normalized spacial score (nSPS) is 23.5. The molecule has 1 saturated carbocycles. The maximum atomic E-state index is 13.6. The van der Waals surface area contributed by atoms with Crippen molar-refractivity contribution in [2.24, 2.45) is 11.8 Å². The average Bonchev–Trinajstić information content (AvgIpc) is 2.79. The number of fused-ring (bicyclic) bond motifs is 1. The van der Waals surface area contributed by atoms with Crippen LogP contribution in [0.1, 0.15) is 33.1 Å². The summed E-state index contributed by atoms with van der Waals surface area (Å²) >= 11 is 0. The van der Waals surface area contributed by atoms with Crippen LogP contribution in [-0.2, 0) is 14.8 Å². The van der Waals surface area contributed by atoms with E-state index in [-0.39, 0.29) is 41.5 Å². The van der Waals surface area contributed by atoms with E-state index in [0.29, 0.717) is 6.54 Å². The number of carbonyl (C=O) groups excluding carboxylic acids is 1. The first-order valence-electron chi connectivity index (χ1n) is 11.8. The highest BCUT2D eigenvalue weighted by Crippen LogP contribution is 2.37. The zero-order valence-electron chi connectivity index (χ0n) is 19.9. The Morgan fingerprint density at radius 1 is 1.24 bits per heavy atom. The molecule has 0 saturated heterocycles. The zero-order valence-corrected chi connectivity index (χ0v) is 20.7. The highest BCUT2D eigenvalue weighted by Gasteiger charge is 2.39. The van der Waals surface area contributed by atoms with E-state index in [0.717, 1.165) is 30.4 Å². The van der Waals surface area contributed by atoms with Gasteiger partial charge in [0.05, 0.1) is 13.2 Å². The molecule has 4 rings (SSSR count). The van der Waals surface area contributed by atoms with Crippen molar-refractivity contribution < 1.29 is 23.1 Å². The molecule has 34 heavy (non-hydrogen) atoms. The van der Waals surface area contributed by atoms with Crippen molar-refractivity contribution in [3.05, 3.63) is 42.7 Å². The molecule has 1 aromatic heterocycles. The molecule has 2 heterocycles. The second-order valence-corrected chi connectivity index (χ2v) is 11.3. The third kappa shape index (κ3) is 4.82. The molecular formula is C25H33N3O5S. The molecule has 9 heteroatoms. The Bertz CT molecular complexity index is 1120. The summed E-state index contributed by atoms with van der Waals surface area (Å²) < 4.78 is 34.9. The molecular weight excluding hydrogens is 454 g/mol. The van der Waals surface area contributed by atoms with Gasteiger partial charge in [-0.15, -0.1) is 0 Å². The number of pyridine rings is 1. The number of likely N-dealkylation sites (N-methyl/N-ethyl adjacent to an activating group) is 1. The summed E-state index contributed by atoms with van der Waals surface area (Å²) in [5.74, 6) is 0.234. The molecule has 3 atom stereocenters. The fourth-order valence-electron chi connectivity index (χ4n) is 4.49. The molecule has 1 amide bonds. The van der Waals surface area contributed by atoms with E-state index in [9.17, 15) is 18.3 Å². The molecule has 0 spiro atoms. The van der Waals surface area contributed by atoms with Crippen LogP contribution in [0.2, 0.25) is 0 Å². The fourth-order valence-corrected chi connectivity index (χ4v) is 6.32. The van der Waals surface area contributed by atoms with E-state index in [1.54, 1.807) is 49.5 Å². The SMILES string of the molecule is C[C@@H]1CN([C@@H](C)CO)S(=O)(=O)c2ccc(-c3ccncc3)cc2O[C@H]1CN(C)C(=O)C1CCC1. The van der Waals surface area contributed by atoms with Crippen molar-refractivity contribution in [2.45, 2.75) is 50.2 Å². The summed E-state index contributed by atoms with van der Waals surface area (Å²) in [5.41, 5.74) is 1.70. The van der Waals surface area contributed by atoms with Gasteiger partial charge in [0.25, 0.3) is 0 Å². The van der Waals surface area contributed by atoms with Crippen LogP contribution in [-0.4, -0.2) is 72.5 Å². The van der Waals surface area contributed by atoms with Gasteiger partial charge in [0.15, 0.2) is 0 Å². The Hall–Kier alpha value is -2.49. The molecule has 2 aromatic rings. The number of benzene rings is 1. The van der Waals surface area contributed by atoms with Crippen LogP contribution in [0.15, 0.2) is 47.6 Å². The second-order valence-electron chi connectivity index (χ2n) is 9.48. The lowest BCUT2D eigenvalue weighted by atomic mass is 9.84. The average molecular weight is 488 g/mol. The van der Waals surface area contributed by atoms with E-state index in [1.165, 1.54) is 4.31 Å². The summed E-state index contributed by atoms with van der Waals surface area (Å²) in [5, 5.41) is 9.79. The van der Waals surface area contributed by atoms with Crippen molar-refractivity contribution >= 4 is 15.9 Å². The predicted octanol–water partition coefficient (Wildman–Crippen LogP) is 2.78. The van der Waals surface area contributed by atoms with E-state index in [1.807, 2.05) is 19.1 Å². The number of ether oxygens (including phenoxy) is 1. The monoisotopic (exact) mass is 487 g/mol. The lowest BCUT2D eigenvalue weighted by molar-refractivity contribution is -0.138. The zero-order chi connectivity index (χ0) is 24.5. The third-order valence-electron chi connectivity index (χ3n) is 6.97. The smallest absolute Gasteiger partial charge is 0.247 e. The number of aliphatic hydroxyl groups excluding tert-OH is 1. The van der Waals surface area contributed by atoms with Crippen LogP contribution in [0.5, 0.6) is 5.75 Å². The largest absolute Gasteiger partial charge is 0.487 e. The standard InChI is InChI=1S/C25H33N3O5S/c1-17-14-28(18(2)16-29)34(31,32)24-8-7-21(19-9-11-26-12-10-19)13-22(24)33-23(17)15-27(3)25(30)20-5-4-6-20/h7-13,17-18,20,23,29H,4-6,14-16H2,1-3H3/t17-,18+,23+/m1/s1. The van der Waals surface area contributed by atoms with Gasteiger partial charge >= 0.3 is 0 Å². The van der Waals surface area contributed by atoms with Gasteiger partial charge in [-0.3, -0.25) is 9.78 Å². The molecule has 1 fully saturated rings. The Morgan fingerprint density at radius 3 is 2.56 bits per heavy atom. The third-order valence-corrected chi connectivity index (χ3v) is 8.98. The lowest BCUT2D eigenvalue weighted by Gasteiger charge is -2.38. The van der Waals surface area contributed by atoms with E-state index in [4.69, 9.17) is 4.74 Å². The molecule has 1 aliphatic carbocycles. The van der Waals surface area contributed by atoms with Crippen LogP contribution in [0, 0.1) is 11.8 Å². The molecule has 8 nitrogen and oxygen atoms in total. The Kier molecular flexibility index (Phi) is 7.25. The molecule has 0 bridgehead atoms. The first-order chi connectivity index (χ1) is 16.2. The number of carbonyl (C=O) groups is 1. The van der Waals surface area contributed by atoms with Gasteiger partial charge in [0.1, 0.15) is 16.7 Å². The first-order valence-corrected chi connectivity index (χ1v) is 13.2. The van der Waals surface area contributed by atoms with Crippen LogP contribution in [0.25, 0.3) is 11.1 Å². The molecule has 1 aliphatic heterocycles. The minimum atomic E-state index is -3.91. The van der Waals surface area contributed by atoms with Gasteiger partial charge in [0, 0.05) is 43.9 Å². The minimum Gasteiger partial charge on any atom is -0.487 e. The van der Waals surface area contributed by atoms with Crippen LogP contribution >= 0.6 is 0 Å². The first kappa shape index (κ1) is 24.6. The Labute approximate surface area is 201 Å². The summed E-state index contributed by atoms with van der Waals surface area (Å²) in [6.45, 7) is 3.88. The van der Waals surface area contributed by atoms with Gasteiger partial charge in [-0.1, -0.05) is 19.4 Å². The van der Waals surface area contributed by atoms with E-state index >= 15 is 0 Å². The Balaban J connectivity index is 1.74. The number of rotatable bonds is 6. The van der Waals surface area contributed by atoms with Crippen molar-refractivity contribution in [3.8, 4) is 16.9 Å². The minimum absolute atomic E-state index is 0.0653. The van der Waals surface area contributed by atoms with Crippen LogP contribution in [0.3, 0.4) is 0 Å². The van der Waals surface area contributed by atoms with Gasteiger partial charge in [-0.2, -0.15) is 4.31 Å². The maximum Gasteiger partial charge on any atom is 0.247 e. The summed E-state index contributed by atoms with van der Waals surface area (Å²) in [6.07, 6.45) is 5.87. The predicted molar refractivity (Wildman–Crippen MR) is 129 cm³/mol. The van der Waals surface area contributed by atoms with Crippen molar-refractivity contribution in [1.82, 2.24) is 14.2 Å². The summed E-state index contributed by atoms with van der Waals surface area (Å²) in [7, 11) is -2.12. The van der Waals surface area contributed by atoms with Gasteiger partial charge in [-0.25, -0.2) is 8.42 Å². The molecule has 1 N–H and O–H groups in total. The molecule has 0 radical (unpaired) electrons. The number of nitrogens with zero attached hydrogens (tertiary/aromatic N) is 3. The number of hydrogen-bond acceptors (Lipinski definition) is 6. The van der Waals surface area contributed by atoms with E-state index < -0.39 is 22.2 Å². The van der Waals surface area contributed by atoms with Crippen molar-refractivity contribution in [1.29, 1.82) is 0 Å². The highest BCUT2D eigenvalue weighted by molar-refractivity contribution is 7.89. The highest BCUT2D eigenvalue weighted by atomic mass is 32.2. The summed E-state index contributed by atoms with van der Waals surface area (Å²) in [4.78, 5) is 18.6. The topological polar surface area (TPSA) is 100 Å².